The van der Waals surface area contributed by atoms with Crippen LogP contribution in [0.3, 0.4) is 0 Å². The van der Waals surface area contributed by atoms with Gasteiger partial charge >= 0.3 is 0 Å². The lowest BCUT2D eigenvalue weighted by Gasteiger charge is -2.61. The first kappa shape index (κ1) is 25.4. The lowest BCUT2D eigenvalue weighted by Crippen LogP contribution is -2.63. The Morgan fingerprint density at radius 3 is 1.47 bits per heavy atom. The summed E-state index contributed by atoms with van der Waals surface area (Å²) in [7, 11) is 0. The lowest BCUT2D eigenvalue weighted by atomic mass is 9.46. The molecule has 0 saturated heterocycles. The van der Waals surface area contributed by atoms with Gasteiger partial charge in [0.1, 0.15) is 0 Å². The predicted octanol–water partition coefficient (Wildman–Crippen LogP) is 8.62. The third-order valence-corrected chi connectivity index (χ3v) is 9.46. The summed E-state index contributed by atoms with van der Waals surface area (Å²) in [4.78, 5) is 10.5. The molecule has 4 bridgehead atoms. The van der Waals surface area contributed by atoms with E-state index in [0.29, 0.717) is 23.7 Å². The molecule has 1 N–H and O–H groups in total. The van der Waals surface area contributed by atoms with Gasteiger partial charge in [-0.05, 0) is 105 Å². The van der Waals surface area contributed by atoms with Gasteiger partial charge in [-0.3, -0.25) is 9.98 Å². The van der Waals surface area contributed by atoms with Gasteiger partial charge in [0.2, 0.25) is 0 Å². The maximum absolute atomic E-state index is 12.7. The minimum Gasteiger partial charge on any atom is -0.388 e. The smallest absolute Gasteiger partial charge is 0.0836 e. The number of hydrogen-bond acceptors (Lipinski definition) is 3. The lowest BCUT2D eigenvalue weighted by molar-refractivity contribution is -0.179. The minimum atomic E-state index is -0.770. The first-order valence-electron chi connectivity index (χ1n) is 14.2. The molecule has 36 heavy (non-hydrogen) atoms. The summed E-state index contributed by atoms with van der Waals surface area (Å²) in [5, 5.41) is 12.7. The van der Waals surface area contributed by atoms with Gasteiger partial charge in [-0.25, -0.2) is 0 Å². The molecule has 3 nitrogen and oxygen atoms in total. The molecule has 4 aliphatic carbocycles. The second-order valence-corrected chi connectivity index (χ2v) is 12.6. The van der Waals surface area contributed by atoms with Crippen molar-refractivity contribution in [2.45, 2.75) is 91.1 Å². The molecule has 2 aromatic carbocycles. The number of para-hydroxylation sites is 2. The Morgan fingerprint density at radius 2 is 1.08 bits per heavy atom. The standard InChI is InChI=1S/C33H44N2O/c1-20(2)28-11-7-9-13-30(28)34-22(5)32(23(6)35-31-14-10-8-12-29(31)21(3)4)33(36)26-16-24-15-25(18-26)19-27(33)17-24/h7-14,20-21,24-27,32,36H,15-19H2,1-6H3. The van der Waals surface area contributed by atoms with Crippen LogP contribution in [0.15, 0.2) is 58.5 Å². The van der Waals surface area contributed by atoms with Gasteiger partial charge in [-0.2, -0.15) is 0 Å². The Bertz CT molecular complexity index is 1060. The predicted molar refractivity (Wildman–Crippen MR) is 152 cm³/mol. The summed E-state index contributed by atoms with van der Waals surface area (Å²) in [6, 6.07) is 17.0. The summed E-state index contributed by atoms with van der Waals surface area (Å²) in [5.41, 5.74) is 5.80. The topological polar surface area (TPSA) is 45.0 Å². The highest BCUT2D eigenvalue weighted by molar-refractivity contribution is 6.08. The van der Waals surface area contributed by atoms with E-state index in [2.05, 4.69) is 90.1 Å². The number of nitrogens with zero attached hydrogens (tertiary/aromatic N) is 2. The van der Waals surface area contributed by atoms with Crippen LogP contribution >= 0.6 is 0 Å². The zero-order chi connectivity index (χ0) is 25.6. The number of benzene rings is 2. The normalized spacial score (nSPS) is 30.9. The highest BCUT2D eigenvalue weighted by Crippen LogP contribution is 2.61. The molecule has 0 spiro atoms. The highest BCUT2D eigenvalue weighted by Gasteiger charge is 2.60. The van der Waals surface area contributed by atoms with Crippen molar-refractivity contribution in [2.75, 3.05) is 0 Å². The minimum absolute atomic E-state index is 0.173. The summed E-state index contributed by atoms with van der Waals surface area (Å²) >= 11 is 0. The fourth-order valence-electron chi connectivity index (χ4n) is 8.05. The van der Waals surface area contributed by atoms with Gasteiger partial charge in [0.15, 0.2) is 0 Å². The number of hydrogen-bond donors (Lipinski definition) is 1. The van der Waals surface area contributed by atoms with E-state index in [-0.39, 0.29) is 5.92 Å². The van der Waals surface area contributed by atoms with Gasteiger partial charge in [-0.15, -0.1) is 0 Å². The van der Waals surface area contributed by atoms with Crippen molar-refractivity contribution in [3.63, 3.8) is 0 Å². The van der Waals surface area contributed by atoms with Crippen LogP contribution in [0.5, 0.6) is 0 Å². The van der Waals surface area contributed by atoms with Gasteiger partial charge in [0, 0.05) is 11.4 Å². The van der Waals surface area contributed by atoms with E-state index in [9.17, 15) is 5.11 Å². The third kappa shape index (κ3) is 4.49. The van der Waals surface area contributed by atoms with Crippen molar-refractivity contribution < 1.29 is 5.11 Å². The summed E-state index contributed by atoms with van der Waals surface area (Å²) in [6.07, 6.45) is 6.01. The van der Waals surface area contributed by atoms with E-state index in [0.717, 1.165) is 60.3 Å². The van der Waals surface area contributed by atoms with E-state index in [1.807, 2.05) is 0 Å². The molecule has 4 aliphatic rings. The second-order valence-electron chi connectivity index (χ2n) is 12.6. The van der Waals surface area contributed by atoms with Crippen LogP contribution in [-0.4, -0.2) is 22.1 Å². The monoisotopic (exact) mass is 484 g/mol. The van der Waals surface area contributed by atoms with Gasteiger partial charge in [0.05, 0.1) is 22.9 Å². The summed E-state index contributed by atoms with van der Waals surface area (Å²) in [5.74, 6) is 2.90. The molecule has 0 heterocycles. The molecular weight excluding hydrogens is 440 g/mol. The second kappa shape index (κ2) is 9.89. The van der Waals surface area contributed by atoms with Crippen LogP contribution in [0.1, 0.15) is 96.6 Å². The third-order valence-electron chi connectivity index (χ3n) is 9.46. The number of rotatable bonds is 7. The fraction of sp³-hybridized carbons (Fsp3) is 0.576. The molecule has 0 radical (unpaired) electrons. The van der Waals surface area contributed by atoms with E-state index in [1.165, 1.54) is 17.5 Å². The van der Waals surface area contributed by atoms with Crippen molar-refractivity contribution in [3.8, 4) is 0 Å². The van der Waals surface area contributed by atoms with Crippen molar-refractivity contribution in [1.29, 1.82) is 0 Å². The first-order chi connectivity index (χ1) is 17.2. The van der Waals surface area contributed by atoms with Gasteiger partial charge in [0.25, 0.3) is 0 Å². The van der Waals surface area contributed by atoms with Crippen molar-refractivity contribution in [2.24, 2.45) is 39.6 Å². The van der Waals surface area contributed by atoms with Crippen molar-refractivity contribution in [1.82, 2.24) is 0 Å². The molecule has 6 rings (SSSR count). The Kier molecular flexibility index (Phi) is 6.98. The van der Waals surface area contributed by atoms with Gasteiger partial charge < -0.3 is 5.11 Å². The Balaban J connectivity index is 1.63. The highest BCUT2D eigenvalue weighted by atomic mass is 16.3. The quantitative estimate of drug-likeness (QED) is 0.393. The molecular formula is C33H44N2O. The number of aliphatic imine (C=N–C) groups is 2. The van der Waals surface area contributed by atoms with E-state index >= 15 is 0 Å². The molecule has 192 valence electrons. The Hall–Kier alpha value is -2.26. The van der Waals surface area contributed by atoms with E-state index in [1.54, 1.807) is 0 Å². The maximum Gasteiger partial charge on any atom is 0.0836 e. The molecule has 4 fully saturated rings. The summed E-state index contributed by atoms with van der Waals surface area (Å²) in [6.45, 7) is 13.2. The van der Waals surface area contributed by atoms with E-state index < -0.39 is 5.60 Å². The van der Waals surface area contributed by atoms with E-state index in [4.69, 9.17) is 9.98 Å². The fourth-order valence-corrected chi connectivity index (χ4v) is 8.05. The molecule has 0 unspecified atom stereocenters. The largest absolute Gasteiger partial charge is 0.388 e. The molecule has 0 amide bonds. The average molecular weight is 485 g/mol. The zero-order valence-corrected chi connectivity index (χ0v) is 23.0. The van der Waals surface area contributed by atoms with Crippen LogP contribution in [0.2, 0.25) is 0 Å². The molecule has 0 atom stereocenters. The van der Waals surface area contributed by atoms with Gasteiger partial charge in [-0.1, -0.05) is 64.1 Å². The SMILES string of the molecule is CC(=Nc1ccccc1C(C)C)C(C(C)=Nc1ccccc1C(C)C)C1(O)C2CC3CC(C2)CC1C3. The molecule has 0 aliphatic heterocycles. The first-order valence-corrected chi connectivity index (χ1v) is 14.2. The van der Waals surface area contributed by atoms with Crippen molar-refractivity contribution in [3.05, 3.63) is 59.7 Å². The Labute approximate surface area is 218 Å². The maximum atomic E-state index is 12.7. The number of aliphatic hydroxyl groups is 1. The average Bonchev–Trinajstić information content (AvgIpc) is 2.82. The zero-order valence-electron chi connectivity index (χ0n) is 23.0. The van der Waals surface area contributed by atoms with Crippen LogP contribution in [0, 0.1) is 29.6 Å². The van der Waals surface area contributed by atoms with Crippen LogP contribution in [0.4, 0.5) is 11.4 Å². The summed E-state index contributed by atoms with van der Waals surface area (Å²) < 4.78 is 0. The molecule has 4 saturated carbocycles. The molecule has 3 heteroatoms. The van der Waals surface area contributed by atoms with Crippen LogP contribution in [0.25, 0.3) is 0 Å². The Morgan fingerprint density at radius 1 is 0.694 bits per heavy atom. The molecule has 0 aromatic heterocycles. The van der Waals surface area contributed by atoms with Crippen LogP contribution in [-0.2, 0) is 0 Å². The molecule has 2 aromatic rings. The van der Waals surface area contributed by atoms with Crippen LogP contribution < -0.4 is 0 Å². The van der Waals surface area contributed by atoms with Crippen molar-refractivity contribution >= 4 is 22.8 Å².